The Hall–Kier alpha value is -1.42. The third-order valence-electron chi connectivity index (χ3n) is 3.25. The molecule has 0 saturated carbocycles. The summed E-state index contributed by atoms with van der Waals surface area (Å²) in [7, 11) is 0. The van der Waals surface area contributed by atoms with E-state index in [-0.39, 0.29) is 0 Å². The van der Waals surface area contributed by atoms with Gasteiger partial charge in [0, 0.05) is 44.9 Å². The lowest BCUT2D eigenvalue weighted by atomic mass is 10.1. The first-order valence-electron chi connectivity index (χ1n) is 6.49. The summed E-state index contributed by atoms with van der Waals surface area (Å²) < 4.78 is 16.8. The van der Waals surface area contributed by atoms with E-state index in [1.807, 2.05) is 32.0 Å². The topological polar surface area (TPSA) is 39.7 Å². The molecule has 4 heteroatoms. The molecule has 0 radical (unpaired) electrons. The minimum atomic E-state index is -0.556. The second-order valence-electron chi connectivity index (χ2n) is 5.30. The van der Waals surface area contributed by atoms with E-state index >= 15 is 0 Å². The normalized spacial score (nSPS) is 21.9. The predicted molar refractivity (Wildman–Crippen MR) is 69.2 cm³/mol. The number of anilines is 1. The summed E-state index contributed by atoms with van der Waals surface area (Å²) >= 11 is 0. The van der Waals surface area contributed by atoms with E-state index in [1.54, 1.807) is 0 Å². The molecule has 1 aromatic rings. The van der Waals surface area contributed by atoms with Gasteiger partial charge < -0.3 is 19.5 Å². The molecule has 1 aromatic carbocycles. The Morgan fingerprint density at radius 2 is 1.83 bits per heavy atom. The molecular weight excluding hydrogens is 230 g/mol. The van der Waals surface area contributed by atoms with Crippen LogP contribution in [0.15, 0.2) is 18.2 Å². The van der Waals surface area contributed by atoms with Crippen molar-refractivity contribution in [3.05, 3.63) is 18.2 Å². The van der Waals surface area contributed by atoms with Crippen LogP contribution in [0.1, 0.15) is 26.7 Å². The highest BCUT2D eigenvalue weighted by Crippen LogP contribution is 2.40. The van der Waals surface area contributed by atoms with Crippen LogP contribution in [0.4, 0.5) is 5.69 Å². The van der Waals surface area contributed by atoms with Crippen molar-refractivity contribution in [1.82, 2.24) is 0 Å². The van der Waals surface area contributed by atoms with Gasteiger partial charge in [-0.15, -0.1) is 0 Å². The number of fused-ring (bicyclic) bond motifs is 1. The zero-order valence-corrected chi connectivity index (χ0v) is 10.9. The Balaban J connectivity index is 1.71. The summed E-state index contributed by atoms with van der Waals surface area (Å²) in [6.07, 6.45) is 2.11. The van der Waals surface area contributed by atoms with Crippen molar-refractivity contribution >= 4 is 5.69 Å². The third-order valence-corrected chi connectivity index (χ3v) is 3.25. The van der Waals surface area contributed by atoms with Gasteiger partial charge in [0.2, 0.25) is 5.79 Å². The zero-order valence-electron chi connectivity index (χ0n) is 10.9. The summed E-state index contributed by atoms with van der Waals surface area (Å²) in [4.78, 5) is 0. The summed E-state index contributed by atoms with van der Waals surface area (Å²) in [6.45, 7) is 5.52. The van der Waals surface area contributed by atoms with Crippen LogP contribution in [-0.2, 0) is 4.74 Å². The summed E-state index contributed by atoms with van der Waals surface area (Å²) in [5.74, 6) is 1.08. The molecule has 98 valence electrons. The summed E-state index contributed by atoms with van der Waals surface area (Å²) in [5, 5.41) is 3.52. The first kappa shape index (κ1) is 11.7. The van der Waals surface area contributed by atoms with Crippen molar-refractivity contribution in [1.29, 1.82) is 0 Å². The van der Waals surface area contributed by atoms with E-state index in [9.17, 15) is 0 Å². The number of ether oxygens (including phenoxy) is 3. The second-order valence-corrected chi connectivity index (χ2v) is 5.30. The van der Waals surface area contributed by atoms with E-state index in [4.69, 9.17) is 14.2 Å². The van der Waals surface area contributed by atoms with Crippen LogP contribution in [0.3, 0.4) is 0 Å². The van der Waals surface area contributed by atoms with E-state index in [0.717, 1.165) is 43.2 Å². The first-order chi connectivity index (χ1) is 8.62. The molecule has 0 aliphatic carbocycles. The molecule has 2 aliphatic rings. The lowest BCUT2D eigenvalue weighted by molar-refractivity contribution is -0.0431. The van der Waals surface area contributed by atoms with Gasteiger partial charge in [-0.3, -0.25) is 0 Å². The quantitative estimate of drug-likeness (QED) is 0.875. The maximum atomic E-state index is 5.74. The number of rotatable bonds is 2. The average molecular weight is 249 g/mol. The maximum absolute atomic E-state index is 5.74. The average Bonchev–Trinajstić information content (AvgIpc) is 2.63. The third kappa shape index (κ3) is 2.38. The van der Waals surface area contributed by atoms with Gasteiger partial charge in [-0.25, -0.2) is 0 Å². The van der Waals surface area contributed by atoms with Gasteiger partial charge in [-0.05, 0) is 25.0 Å². The van der Waals surface area contributed by atoms with Crippen LogP contribution in [0.5, 0.6) is 11.5 Å². The van der Waals surface area contributed by atoms with E-state index in [0.29, 0.717) is 6.04 Å². The van der Waals surface area contributed by atoms with E-state index in [1.165, 1.54) is 0 Å². The molecule has 2 aliphatic heterocycles. The minimum absolute atomic E-state index is 0.493. The lowest BCUT2D eigenvalue weighted by Crippen LogP contribution is -2.29. The van der Waals surface area contributed by atoms with Crippen LogP contribution in [0.25, 0.3) is 0 Å². The predicted octanol–water partition coefficient (Wildman–Crippen LogP) is 2.78. The molecule has 1 N–H and O–H groups in total. The zero-order chi connectivity index (χ0) is 12.6. The van der Waals surface area contributed by atoms with Crippen LogP contribution >= 0.6 is 0 Å². The Bertz CT molecular complexity index is 439. The summed E-state index contributed by atoms with van der Waals surface area (Å²) in [6, 6.07) is 6.51. The fourth-order valence-corrected chi connectivity index (χ4v) is 2.39. The Morgan fingerprint density at radius 1 is 1.11 bits per heavy atom. The van der Waals surface area contributed by atoms with Crippen LogP contribution in [0.2, 0.25) is 0 Å². The molecule has 4 nitrogen and oxygen atoms in total. The molecule has 3 rings (SSSR count). The van der Waals surface area contributed by atoms with E-state index in [2.05, 4.69) is 5.32 Å². The van der Waals surface area contributed by atoms with Crippen molar-refractivity contribution in [3.63, 3.8) is 0 Å². The first-order valence-corrected chi connectivity index (χ1v) is 6.49. The molecular formula is C14H19NO3. The highest BCUT2D eigenvalue weighted by atomic mass is 16.7. The van der Waals surface area contributed by atoms with Crippen molar-refractivity contribution in [2.45, 2.75) is 38.5 Å². The van der Waals surface area contributed by atoms with Crippen molar-refractivity contribution in [3.8, 4) is 11.5 Å². The standard InChI is InChI=1S/C14H19NO3/c1-14(2)17-12-4-3-11(9-13(12)18-14)15-10-5-7-16-8-6-10/h3-4,9-10,15H,5-8H2,1-2H3. The molecule has 0 amide bonds. The molecule has 0 unspecified atom stereocenters. The molecule has 0 aromatic heterocycles. The monoisotopic (exact) mass is 249 g/mol. The molecule has 1 fully saturated rings. The van der Waals surface area contributed by atoms with Gasteiger partial charge in [0.05, 0.1) is 0 Å². The van der Waals surface area contributed by atoms with Crippen LogP contribution in [0, 0.1) is 0 Å². The minimum Gasteiger partial charge on any atom is -0.449 e. The molecule has 2 heterocycles. The van der Waals surface area contributed by atoms with Crippen molar-refractivity contribution in [2.24, 2.45) is 0 Å². The number of nitrogens with one attached hydrogen (secondary N) is 1. The summed E-state index contributed by atoms with van der Waals surface area (Å²) in [5.41, 5.74) is 1.09. The van der Waals surface area contributed by atoms with Gasteiger partial charge in [-0.2, -0.15) is 0 Å². The maximum Gasteiger partial charge on any atom is 0.246 e. The van der Waals surface area contributed by atoms with Crippen LogP contribution < -0.4 is 14.8 Å². The van der Waals surface area contributed by atoms with E-state index < -0.39 is 5.79 Å². The van der Waals surface area contributed by atoms with Gasteiger partial charge in [0.15, 0.2) is 11.5 Å². The number of benzene rings is 1. The smallest absolute Gasteiger partial charge is 0.246 e. The van der Waals surface area contributed by atoms with Crippen molar-refractivity contribution in [2.75, 3.05) is 18.5 Å². The van der Waals surface area contributed by atoms with Gasteiger partial charge in [-0.1, -0.05) is 0 Å². The van der Waals surface area contributed by atoms with Gasteiger partial charge >= 0.3 is 0 Å². The Morgan fingerprint density at radius 3 is 2.61 bits per heavy atom. The fourth-order valence-electron chi connectivity index (χ4n) is 2.39. The SMILES string of the molecule is CC1(C)Oc2ccc(NC3CCOCC3)cc2O1. The highest BCUT2D eigenvalue weighted by molar-refractivity contribution is 5.56. The molecule has 0 spiro atoms. The lowest BCUT2D eigenvalue weighted by Gasteiger charge is -2.24. The molecule has 0 atom stereocenters. The highest BCUT2D eigenvalue weighted by Gasteiger charge is 2.31. The molecule has 0 bridgehead atoms. The second kappa shape index (κ2) is 4.35. The Labute approximate surface area is 107 Å². The number of hydrogen-bond donors (Lipinski definition) is 1. The van der Waals surface area contributed by atoms with Crippen LogP contribution in [-0.4, -0.2) is 25.0 Å². The largest absolute Gasteiger partial charge is 0.449 e. The van der Waals surface area contributed by atoms with Gasteiger partial charge in [0.1, 0.15) is 0 Å². The van der Waals surface area contributed by atoms with Crippen molar-refractivity contribution < 1.29 is 14.2 Å². The fraction of sp³-hybridized carbons (Fsp3) is 0.571. The Kier molecular flexibility index (Phi) is 2.82. The van der Waals surface area contributed by atoms with Gasteiger partial charge in [0.25, 0.3) is 0 Å². The molecule has 18 heavy (non-hydrogen) atoms. The molecule has 1 saturated heterocycles. The number of hydrogen-bond acceptors (Lipinski definition) is 4.